The lowest BCUT2D eigenvalue weighted by molar-refractivity contribution is -0.116. The molecule has 1 N–H and O–H groups in total. The van der Waals surface area contributed by atoms with Crippen molar-refractivity contribution in [3.63, 3.8) is 0 Å². The highest BCUT2D eigenvalue weighted by Crippen LogP contribution is 2.16. The van der Waals surface area contributed by atoms with Gasteiger partial charge in [0, 0.05) is 29.9 Å². The second-order valence-electron chi connectivity index (χ2n) is 6.23. The fourth-order valence-electron chi connectivity index (χ4n) is 2.91. The highest BCUT2D eigenvalue weighted by molar-refractivity contribution is 5.90. The Bertz CT molecular complexity index is 1030. The van der Waals surface area contributed by atoms with Gasteiger partial charge < -0.3 is 5.32 Å². The maximum Gasteiger partial charge on any atom is 0.226 e. The Morgan fingerprint density at radius 3 is 2.73 bits per heavy atom. The molecule has 6 nitrogen and oxygen atoms in total. The fraction of sp³-hybridized carbons (Fsp3) is 0.150. The number of anilines is 1. The second-order valence-corrected chi connectivity index (χ2v) is 6.23. The van der Waals surface area contributed by atoms with E-state index in [-0.39, 0.29) is 5.91 Å². The number of carbonyl (C=O) groups is 1. The average molecular weight is 345 g/mol. The van der Waals surface area contributed by atoms with E-state index in [0.29, 0.717) is 13.0 Å². The summed E-state index contributed by atoms with van der Waals surface area (Å²) in [4.78, 5) is 12.3. The zero-order valence-electron chi connectivity index (χ0n) is 14.5. The number of fused-ring (bicyclic) bond motifs is 1. The van der Waals surface area contributed by atoms with E-state index in [1.807, 2.05) is 47.4 Å². The van der Waals surface area contributed by atoms with E-state index < -0.39 is 0 Å². The van der Waals surface area contributed by atoms with Gasteiger partial charge in [0.15, 0.2) is 0 Å². The summed E-state index contributed by atoms with van der Waals surface area (Å²) in [5, 5.41) is 12.6. The Balaban J connectivity index is 1.38. The quantitative estimate of drug-likeness (QED) is 0.601. The van der Waals surface area contributed by atoms with Crippen molar-refractivity contribution < 1.29 is 4.79 Å². The third-order valence-electron chi connectivity index (χ3n) is 4.27. The van der Waals surface area contributed by atoms with Crippen LogP contribution >= 0.6 is 0 Å². The number of rotatable bonds is 5. The molecule has 0 unspecified atom stereocenters. The standard InChI is InChI=1S/C20H19N5O/c1-15-3-4-16-14-22-25(19(16)13-15)12-9-20(26)23-17-5-7-18(8-6-17)24-11-2-10-21-24/h2-8,10-11,13-14H,9,12H2,1H3,(H,23,26). The first kappa shape index (κ1) is 16.1. The molecule has 0 saturated heterocycles. The van der Waals surface area contributed by atoms with Crippen molar-refractivity contribution in [3.8, 4) is 5.69 Å². The molecule has 2 heterocycles. The van der Waals surface area contributed by atoms with Gasteiger partial charge in [-0.3, -0.25) is 9.48 Å². The van der Waals surface area contributed by atoms with Crippen LogP contribution in [0.5, 0.6) is 0 Å². The van der Waals surface area contributed by atoms with Crippen LogP contribution in [0.15, 0.2) is 67.1 Å². The zero-order valence-corrected chi connectivity index (χ0v) is 14.5. The maximum atomic E-state index is 12.3. The Kier molecular flexibility index (Phi) is 4.23. The molecule has 0 aliphatic rings. The van der Waals surface area contributed by atoms with E-state index in [1.54, 1.807) is 10.9 Å². The van der Waals surface area contributed by atoms with E-state index in [9.17, 15) is 4.79 Å². The average Bonchev–Trinajstić information content (AvgIpc) is 3.30. The van der Waals surface area contributed by atoms with Gasteiger partial charge in [-0.2, -0.15) is 10.2 Å². The van der Waals surface area contributed by atoms with Crippen LogP contribution in [0.2, 0.25) is 0 Å². The molecule has 4 rings (SSSR count). The Labute approximate surface area is 151 Å². The topological polar surface area (TPSA) is 64.7 Å². The number of nitrogens with one attached hydrogen (secondary N) is 1. The molecule has 0 aliphatic heterocycles. The smallest absolute Gasteiger partial charge is 0.226 e. The van der Waals surface area contributed by atoms with Crippen LogP contribution in [0.3, 0.4) is 0 Å². The summed E-state index contributed by atoms with van der Waals surface area (Å²) in [6.45, 7) is 2.60. The molecular formula is C20H19N5O. The fourth-order valence-corrected chi connectivity index (χ4v) is 2.91. The molecule has 0 aliphatic carbocycles. The summed E-state index contributed by atoms with van der Waals surface area (Å²) < 4.78 is 3.65. The normalized spacial score (nSPS) is 11.0. The Morgan fingerprint density at radius 2 is 1.96 bits per heavy atom. The van der Waals surface area contributed by atoms with Crippen LogP contribution in [0, 0.1) is 6.92 Å². The third-order valence-corrected chi connectivity index (χ3v) is 4.27. The maximum absolute atomic E-state index is 12.3. The van der Waals surface area contributed by atoms with Gasteiger partial charge >= 0.3 is 0 Å². The molecule has 6 heteroatoms. The van der Waals surface area contributed by atoms with Crippen molar-refractivity contribution in [3.05, 3.63) is 72.7 Å². The van der Waals surface area contributed by atoms with E-state index in [1.165, 1.54) is 5.56 Å². The first-order valence-electron chi connectivity index (χ1n) is 8.51. The monoisotopic (exact) mass is 345 g/mol. The molecular weight excluding hydrogens is 326 g/mol. The minimum absolute atomic E-state index is 0.0341. The summed E-state index contributed by atoms with van der Waals surface area (Å²) in [6.07, 6.45) is 5.81. The molecule has 0 radical (unpaired) electrons. The molecule has 0 spiro atoms. The van der Waals surface area contributed by atoms with E-state index in [4.69, 9.17) is 0 Å². The van der Waals surface area contributed by atoms with Gasteiger partial charge in [-0.05, 0) is 48.9 Å². The number of carbonyl (C=O) groups excluding carboxylic acids is 1. The number of hydrogen-bond donors (Lipinski definition) is 1. The Hall–Kier alpha value is -3.41. The van der Waals surface area contributed by atoms with Crippen LogP contribution in [0.4, 0.5) is 5.69 Å². The lowest BCUT2D eigenvalue weighted by atomic mass is 10.2. The van der Waals surface area contributed by atoms with Gasteiger partial charge in [-0.25, -0.2) is 4.68 Å². The van der Waals surface area contributed by atoms with Crippen LogP contribution in [0.1, 0.15) is 12.0 Å². The summed E-state index contributed by atoms with van der Waals surface area (Å²) in [5.41, 5.74) is 3.96. The Morgan fingerprint density at radius 1 is 1.12 bits per heavy atom. The van der Waals surface area contributed by atoms with Crippen molar-refractivity contribution >= 4 is 22.5 Å². The SMILES string of the molecule is Cc1ccc2cnn(CCC(=O)Nc3ccc(-n4cccn4)cc3)c2c1. The van der Waals surface area contributed by atoms with Gasteiger partial charge in [0.2, 0.25) is 5.91 Å². The molecule has 2 aromatic carbocycles. The van der Waals surface area contributed by atoms with Gasteiger partial charge in [-0.1, -0.05) is 12.1 Å². The summed E-state index contributed by atoms with van der Waals surface area (Å²) in [7, 11) is 0. The number of amides is 1. The summed E-state index contributed by atoms with van der Waals surface area (Å²) in [6, 6.07) is 15.7. The van der Waals surface area contributed by atoms with Crippen molar-refractivity contribution in [1.82, 2.24) is 19.6 Å². The van der Waals surface area contributed by atoms with Gasteiger partial charge in [0.25, 0.3) is 0 Å². The van der Waals surface area contributed by atoms with E-state index in [0.717, 1.165) is 22.3 Å². The molecule has 0 atom stereocenters. The van der Waals surface area contributed by atoms with Crippen LogP contribution < -0.4 is 5.32 Å². The summed E-state index contributed by atoms with van der Waals surface area (Å²) >= 11 is 0. The molecule has 0 bridgehead atoms. The van der Waals surface area contributed by atoms with Gasteiger partial charge in [0.1, 0.15) is 0 Å². The largest absolute Gasteiger partial charge is 0.326 e. The van der Waals surface area contributed by atoms with Crippen molar-refractivity contribution in [2.75, 3.05) is 5.32 Å². The predicted octanol–water partition coefficient (Wildman–Crippen LogP) is 3.56. The number of aromatic nitrogens is 4. The first-order chi connectivity index (χ1) is 12.7. The van der Waals surface area contributed by atoms with E-state index >= 15 is 0 Å². The highest BCUT2D eigenvalue weighted by Gasteiger charge is 2.07. The highest BCUT2D eigenvalue weighted by atomic mass is 16.1. The number of hydrogen-bond acceptors (Lipinski definition) is 3. The minimum atomic E-state index is -0.0341. The van der Waals surface area contributed by atoms with Crippen molar-refractivity contribution in [2.45, 2.75) is 19.9 Å². The second kappa shape index (κ2) is 6.84. The van der Waals surface area contributed by atoms with Crippen LogP contribution in [0.25, 0.3) is 16.6 Å². The number of aryl methyl sites for hydroxylation is 2. The molecule has 1 amide bonds. The molecule has 130 valence electrons. The van der Waals surface area contributed by atoms with Gasteiger partial charge in [0.05, 0.1) is 23.9 Å². The molecule has 0 fully saturated rings. The number of benzene rings is 2. The van der Waals surface area contributed by atoms with Crippen LogP contribution in [-0.4, -0.2) is 25.5 Å². The van der Waals surface area contributed by atoms with E-state index in [2.05, 4.69) is 40.6 Å². The molecule has 4 aromatic rings. The molecule has 26 heavy (non-hydrogen) atoms. The number of nitrogens with zero attached hydrogens (tertiary/aromatic N) is 4. The van der Waals surface area contributed by atoms with Gasteiger partial charge in [-0.15, -0.1) is 0 Å². The minimum Gasteiger partial charge on any atom is -0.326 e. The molecule has 2 aromatic heterocycles. The lowest BCUT2D eigenvalue weighted by Gasteiger charge is -2.08. The predicted molar refractivity (Wildman–Crippen MR) is 101 cm³/mol. The molecule has 0 saturated carbocycles. The zero-order chi connectivity index (χ0) is 17.9. The lowest BCUT2D eigenvalue weighted by Crippen LogP contribution is -2.15. The first-order valence-corrected chi connectivity index (χ1v) is 8.51. The van der Waals surface area contributed by atoms with Crippen LogP contribution in [-0.2, 0) is 11.3 Å². The van der Waals surface area contributed by atoms with Crippen molar-refractivity contribution in [1.29, 1.82) is 0 Å². The van der Waals surface area contributed by atoms with Crippen molar-refractivity contribution in [2.24, 2.45) is 0 Å². The third kappa shape index (κ3) is 3.35. The summed E-state index contributed by atoms with van der Waals surface area (Å²) in [5.74, 6) is -0.0341.